The van der Waals surface area contributed by atoms with Crippen molar-refractivity contribution in [3.63, 3.8) is 0 Å². The third-order valence-electron chi connectivity index (χ3n) is 1.21. The lowest BCUT2D eigenvalue weighted by molar-refractivity contribution is -0.875. The maximum Gasteiger partial charge on any atom is 0.0740 e. The van der Waals surface area contributed by atoms with Gasteiger partial charge in [0, 0.05) is 0 Å². The second-order valence-electron chi connectivity index (χ2n) is 1.66. The molecule has 0 amide bonds. The van der Waals surface area contributed by atoms with Crippen LogP contribution in [0.1, 0.15) is 13.8 Å². The van der Waals surface area contributed by atoms with Crippen molar-refractivity contribution in [3.8, 4) is 0 Å². The summed E-state index contributed by atoms with van der Waals surface area (Å²) in [4.78, 5) is 1.59. The summed E-state index contributed by atoms with van der Waals surface area (Å²) in [5.74, 6) is 0. The maximum absolute atomic E-state index is 2.19. The average Bonchev–Trinajstić information content (AvgIpc) is 1.65. The molecular weight excluding hydrogens is 110 g/mol. The molecule has 0 saturated heterocycles. The van der Waals surface area contributed by atoms with Gasteiger partial charge in [-0.25, -0.2) is 0 Å². The molecule has 0 bridgehead atoms. The monoisotopic (exact) mass is 123 g/mol. The van der Waals surface area contributed by atoms with Gasteiger partial charge in [-0.05, 0) is 13.8 Å². The van der Waals surface area contributed by atoms with Gasteiger partial charge in [-0.3, -0.25) is 0 Å². The molecule has 0 aliphatic rings. The molecule has 0 aromatic heterocycles. The van der Waals surface area contributed by atoms with E-state index >= 15 is 0 Å². The minimum absolute atomic E-state index is 0. The van der Waals surface area contributed by atoms with Crippen molar-refractivity contribution in [1.82, 2.24) is 0 Å². The van der Waals surface area contributed by atoms with Crippen molar-refractivity contribution in [3.05, 3.63) is 0 Å². The van der Waals surface area contributed by atoms with Crippen LogP contribution in [0.4, 0.5) is 0 Å². The molecule has 0 aliphatic heterocycles. The van der Waals surface area contributed by atoms with Crippen molar-refractivity contribution in [2.45, 2.75) is 13.8 Å². The van der Waals surface area contributed by atoms with Crippen LogP contribution in [0.5, 0.6) is 0 Å². The molecule has 2 heteroatoms. The first-order valence-corrected chi connectivity index (χ1v) is 2.62. The molecule has 1 nitrogen and oxygen atoms in total. The van der Waals surface area contributed by atoms with Crippen LogP contribution in [-0.4, -0.2) is 20.1 Å². The Morgan fingerprint density at radius 3 is 1.43 bits per heavy atom. The molecule has 0 aliphatic carbocycles. The van der Waals surface area contributed by atoms with Crippen molar-refractivity contribution >= 4 is 0 Å². The average molecular weight is 124 g/mol. The van der Waals surface area contributed by atoms with E-state index in [4.69, 9.17) is 0 Å². The highest BCUT2D eigenvalue weighted by atomic mass is 35.5. The van der Waals surface area contributed by atoms with E-state index in [1.54, 1.807) is 4.90 Å². The fourth-order valence-electron chi connectivity index (χ4n) is 0.250. The largest absolute Gasteiger partial charge is 1.00 e. The van der Waals surface area contributed by atoms with E-state index in [0.717, 1.165) is 0 Å². The minimum atomic E-state index is 0. The van der Waals surface area contributed by atoms with E-state index in [0.29, 0.717) is 0 Å². The molecule has 0 aromatic carbocycles. The van der Waals surface area contributed by atoms with Gasteiger partial charge in [0.25, 0.3) is 0 Å². The number of quaternary nitrogens is 1. The first kappa shape index (κ1) is 10.3. The summed E-state index contributed by atoms with van der Waals surface area (Å²) < 4.78 is 0. The Morgan fingerprint density at radius 1 is 1.14 bits per heavy atom. The summed E-state index contributed by atoms with van der Waals surface area (Å²) in [5, 5.41) is 0. The third-order valence-corrected chi connectivity index (χ3v) is 1.21. The van der Waals surface area contributed by atoms with Crippen LogP contribution in [0.15, 0.2) is 0 Å². The third kappa shape index (κ3) is 6.25. The Kier molecular flexibility index (Phi) is 9.17. The molecule has 0 aromatic rings. The molecule has 0 fully saturated rings. The molecule has 0 unspecified atom stereocenters. The molecule has 0 saturated carbocycles. The lowest BCUT2D eigenvalue weighted by atomic mass is 10.6. The molecule has 0 atom stereocenters. The number of hydrogen-bond acceptors (Lipinski definition) is 0. The normalized spacial score (nSPS) is 8.57. The summed E-state index contributed by atoms with van der Waals surface area (Å²) in [6, 6.07) is 0. The molecule has 0 heterocycles. The van der Waals surface area contributed by atoms with Crippen LogP contribution in [0.3, 0.4) is 0 Å². The van der Waals surface area contributed by atoms with Gasteiger partial charge in [0.1, 0.15) is 0 Å². The van der Waals surface area contributed by atoms with Gasteiger partial charge in [0.2, 0.25) is 0 Å². The maximum atomic E-state index is 2.19. The number of hydrogen-bond donors (Lipinski definition) is 1. The predicted octanol–water partition coefficient (Wildman–Crippen LogP) is -3.46. The van der Waals surface area contributed by atoms with E-state index in [9.17, 15) is 0 Å². The van der Waals surface area contributed by atoms with Gasteiger partial charge in [-0.15, -0.1) is 0 Å². The Morgan fingerprint density at radius 2 is 1.43 bits per heavy atom. The SMILES string of the molecule is CC[NH+](C)CC.[Cl-]. The van der Waals surface area contributed by atoms with Crippen molar-refractivity contribution in [1.29, 1.82) is 0 Å². The Labute approximate surface area is 52.1 Å². The highest BCUT2D eigenvalue weighted by molar-refractivity contribution is 4.03. The lowest BCUT2D eigenvalue weighted by Gasteiger charge is -2.04. The Hall–Kier alpha value is 0.250. The summed E-state index contributed by atoms with van der Waals surface area (Å²) >= 11 is 0. The second-order valence-corrected chi connectivity index (χ2v) is 1.66. The smallest absolute Gasteiger partial charge is 0.0740 e. The number of nitrogens with one attached hydrogen (secondary N) is 1. The molecular formula is C5H14ClN. The Balaban J connectivity index is 0. The minimum Gasteiger partial charge on any atom is -1.00 e. The molecule has 0 radical (unpaired) electrons. The van der Waals surface area contributed by atoms with E-state index in [2.05, 4.69) is 20.9 Å². The Bertz CT molecular complexity index is 27.3. The van der Waals surface area contributed by atoms with Gasteiger partial charge in [-0.1, -0.05) is 0 Å². The predicted molar refractivity (Wildman–Crippen MR) is 28.0 cm³/mol. The number of rotatable bonds is 2. The zero-order valence-electron chi connectivity index (χ0n) is 5.29. The topological polar surface area (TPSA) is 4.44 Å². The standard InChI is InChI=1S/C5H13N.ClH/c1-4-6(3)5-2;/h4-5H2,1-3H3;1H. The lowest BCUT2D eigenvalue weighted by Crippen LogP contribution is -3.08. The van der Waals surface area contributed by atoms with E-state index in [-0.39, 0.29) is 12.4 Å². The van der Waals surface area contributed by atoms with Crippen LogP contribution in [0.2, 0.25) is 0 Å². The van der Waals surface area contributed by atoms with E-state index in [1.807, 2.05) is 0 Å². The second kappa shape index (κ2) is 6.25. The summed E-state index contributed by atoms with van der Waals surface area (Å²) in [6.07, 6.45) is 0. The zero-order chi connectivity index (χ0) is 4.99. The van der Waals surface area contributed by atoms with Crippen molar-refractivity contribution < 1.29 is 17.3 Å². The molecule has 0 rings (SSSR count). The molecule has 1 N–H and O–H groups in total. The van der Waals surface area contributed by atoms with Gasteiger partial charge in [0.15, 0.2) is 0 Å². The molecule has 46 valence electrons. The van der Waals surface area contributed by atoms with Crippen LogP contribution in [-0.2, 0) is 0 Å². The van der Waals surface area contributed by atoms with Crippen LogP contribution in [0.25, 0.3) is 0 Å². The quantitative estimate of drug-likeness (QED) is 0.390. The highest BCUT2D eigenvalue weighted by Crippen LogP contribution is 1.37. The zero-order valence-corrected chi connectivity index (χ0v) is 6.05. The molecule has 0 spiro atoms. The first-order chi connectivity index (χ1) is 2.81. The summed E-state index contributed by atoms with van der Waals surface area (Å²) in [7, 11) is 2.19. The van der Waals surface area contributed by atoms with Crippen LogP contribution in [0, 0.1) is 0 Å². The van der Waals surface area contributed by atoms with Gasteiger partial charge in [-0.2, -0.15) is 0 Å². The molecule has 7 heavy (non-hydrogen) atoms. The van der Waals surface area contributed by atoms with Gasteiger partial charge >= 0.3 is 0 Å². The summed E-state index contributed by atoms with van der Waals surface area (Å²) in [6.45, 7) is 6.88. The van der Waals surface area contributed by atoms with Gasteiger partial charge < -0.3 is 17.3 Å². The fraction of sp³-hybridized carbons (Fsp3) is 1.00. The first-order valence-electron chi connectivity index (χ1n) is 2.62. The van der Waals surface area contributed by atoms with Crippen molar-refractivity contribution in [2.24, 2.45) is 0 Å². The fourth-order valence-corrected chi connectivity index (χ4v) is 0.250. The summed E-state index contributed by atoms with van der Waals surface area (Å²) in [5.41, 5.74) is 0. The van der Waals surface area contributed by atoms with Crippen LogP contribution >= 0.6 is 0 Å². The van der Waals surface area contributed by atoms with Crippen molar-refractivity contribution in [2.75, 3.05) is 20.1 Å². The highest BCUT2D eigenvalue weighted by Gasteiger charge is 1.85. The van der Waals surface area contributed by atoms with Crippen LogP contribution < -0.4 is 17.3 Å². The van der Waals surface area contributed by atoms with E-state index in [1.165, 1.54) is 13.1 Å². The number of halogens is 1. The van der Waals surface area contributed by atoms with E-state index < -0.39 is 0 Å². The van der Waals surface area contributed by atoms with Gasteiger partial charge in [0.05, 0.1) is 20.1 Å².